The highest BCUT2D eigenvalue weighted by atomic mass is 32.1. The van der Waals surface area contributed by atoms with E-state index in [2.05, 4.69) is 15.4 Å². The van der Waals surface area contributed by atoms with Crippen molar-refractivity contribution in [3.8, 4) is 0 Å². The van der Waals surface area contributed by atoms with Crippen LogP contribution in [-0.2, 0) is 24.6 Å². The molecule has 2 rings (SSSR count). The number of nitrogens with zero attached hydrogens (tertiary/aromatic N) is 4. The average Bonchev–Trinajstić information content (AvgIpc) is 2.87. The van der Waals surface area contributed by atoms with Gasteiger partial charge in [0.25, 0.3) is 0 Å². The zero-order valence-electron chi connectivity index (χ0n) is 10.9. The van der Waals surface area contributed by atoms with E-state index in [1.54, 1.807) is 12.3 Å². The monoisotopic (exact) mass is 321 g/mol. The molecule has 0 fully saturated rings. The number of carbonyl (C=O) groups excluding carboxylic acids is 1. The van der Waals surface area contributed by atoms with Crippen molar-refractivity contribution in [3.05, 3.63) is 27.4 Å². The average molecular weight is 321 g/mol. The van der Waals surface area contributed by atoms with Crippen LogP contribution in [0.5, 0.6) is 0 Å². The lowest BCUT2D eigenvalue weighted by Crippen LogP contribution is -2.29. The van der Waals surface area contributed by atoms with Crippen molar-refractivity contribution in [1.29, 1.82) is 0 Å². The van der Waals surface area contributed by atoms with E-state index < -0.39 is 30.1 Å². The Kier molecular flexibility index (Phi) is 3.85. The molecule has 11 heteroatoms. The second-order valence-corrected chi connectivity index (χ2v) is 5.02. The van der Waals surface area contributed by atoms with Gasteiger partial charge in [0, 0.05) is 12.4 Å². The molecular formula is C10H10F3N5O2S. The smallest absolute Gasteiger partial charge is 0.300 e. The first kappa shape index (κ1) is 15.2. The van der Waals surface area contributed by atoms with Crippen LogP contribution in [0.2, 0.25) is 0 Å². The van der Waals surface area contributed by atoms with Crippen LogP contribution in [0.3, 0.4) is 0 Å². The molecule has 21 heavy (non-hydrogen) atoms. The molecule has 2 aromatic heterocycles. The number of hydrogen-bond acceptors (Lipinski definition) is 5. The second kappa shape index (κ2) is 5.31. The zero-order valence-corrected chi connectivity index (χ0v) is 11.7. The summed E-state index contributed by atoms with van der Waals surface area (Å²) in [4.78, 5) is 27.2. The van der Waals surface area contributed by atoms with Crippen molar-refractivity contribution in [2.24, 2.45) is 7.05 Å². The van der Waals surface area contributed by atoms with Crippen LogP contribution in [0.15, 0.2) is 10.2 Å². The molecule has 1 N–H and O–H groups in total. The third kappa shape index (κ3) is 3.29. The molecular weight excluding hydrogens is 311 g/mol. The van der Waals surface area contributed by atoms with Crippen molar-refractivity contribution < 1.29 is 18.0 Å². The summed E-state index contributed by atoms with van der Waals surface area (Å²) in [5, 5.41) is 7.52. The highest BCUT2D eigenvalue weighted by Gasteiger charge is 2.38. The predicted octanol–water partition coefficient (Wildman–Crippen LogP) is 1.00. The fraction of sp³-hybridized carbons (Fsp3) is 0.400. The number of hydrogen-bond donors (Lipinski definition) is 1. The SMILES string of the molecule is Cc1csc(NC(=O)Cn2nc(C(F)(F)F)n(C)c2=O)n1. The van der Waals surface area contributed by atoms with E-state index in [1.807, 2.05) is 0 Å². The van der Waals surface area contributed by atoms with Gasteiger partial charge < -0.3 is 5.32 Å². The van der Waals surface area contributed by atoms with Gasteiger partial charge in [-0.3, -0.25) is 9.36 Å². The molecule has 0 spiro atoms. The molecule has 0 aliphatic carbocycles. The maximum absolute atomic E-state index is 12.6. The van der Waals surface area contributed by atoms with Crippen molar-refractivity contribution >= 4 is 22.4 Å². The number of thiazole rings is 1. The van der Waals surface area contributed by atoms with Crippen LogP contribution < -0.4 is 11.0 Å². The first-order valence-corrected chi connectivity index (χ1v) is 6.49. The second-order valence-electron chi connectivity index (χ2n) is 4.16. The van der Waals surface area contributed by atoms with Crippen LogP contribution in [0.25, 0.3) is 0 Å². The van der Waals surface area contributed by atoms with Gasteiger partial charge >= 0.3 is 11.9 Å². The van der Waals surface area contributed by atoms with Gasteiger partial charge in [-0.1, -0.05) is 0 Å². The van der Waals surface area contributed by atoms with Crippen LogP contribution in [0, 0.1) is 6.92 Å². The molecule has 0 aliphatic rings. The molecule has 0 bridgehead atoms. The number of anilines is 1. The molecule has 2 aromatic rings. The maximum Gasteiger partial charge on any atom is 0.451 e. The van der Waals surface area contributed by atoms with E-state index in [1.165, 1.54) is 11.3 Å². The summed E-state index contributed by atoms with van der Waals surface area (Å²) in [6.07, 6.45) is -4.76. The summed E-state index contributed by atoms with van der Waals surface area (Å²) in [5.41, 5.74) is -0.322. The summed E-state index contributed by atoms with van der Waals surface area (Å²) in [5.74, 6) is -2.04. The number of carbonyl (C=O) groups is 1. The van der Waals surface area contributed by atoms with E-state index >= 15 is 0 Å². The number of amides is 1. The summed E-state index contributed by atoms with van der Waals surface area (Å²) in [6, 6.07) is 0. The number of nitrogens with one attached hydrogen (secondary N) is 1. The van der Waals surface area contributed by atoms with Gasteiger partial charge in [-0.15, -0.1) is 16.4 Å². The zero-order chi connectivity index (χ0) is 15.8. The Balaban J connectivity index is 2.16. The molecule has 2 heterocycles. The number of aryl methyl sites for hydroxylation is 1. The van der Waals surface area contributed by atoms with Crippen LogP contribution in [-0.4, -0.2) is 25.2 Å². The quantitative estimate of drug-likeness (QED) is 0.914. The molecule has 0 unspecified atom stereocenters. The highest BCUT2D eigenvalue weighted by molar-refractivity contribution is 7.13. The van der Waals surface area contributed by atoms with Crippen LogP contribution in [0.4, 0.5) is 18.3 Å². The topological polar surface area (TPSA) is 81.8 Å². The Morgan fingerprint density at radius 3 is 2.62 bits per heavy atom. The molecule has 0 aromatic carbocycles. The lowest BCUT2D eigenvalue weighted by molar-refractivity contribution is -0.147. The van der Waals surface area contributed by atoms with E-state index in [4.69, 9.17) is 0 Å². The summed E-state index contributed by atoms with van der Waals surface area (Å²) in [6.45, 7) is 1.10. The molecule has 7 nitrogen and oxygen atoms in total. The molecule has 0 saturated heterocycles. The Morgan fingerprint density at radius 1 is 1.48 bits per heavy atom. The molecule has 0 aliphatic heterocycles. The maximum atomic E-state index is 12.6. The number of rotatable bonds is 3. The Bertz CT molecular complexity index is 730. The first-order valence-electron chi connectivity index (χ1n) is 5.61. The van der Waals surface area contributed by atoms with Crippen molar-refractivity contribution in [1.82, 2.24) is 19.3 Å². The molecule has 0 saturated carbocycles. The third-order valence-corrected chi connectivity index (χ3v) is 3.33. The van der Waals surface area contributed by atoms with E-state index in [9.17, 15) is 22.8 Å². The Morgan fingerprint density at radius 2 is 2.14 bits per heavy atom. The predicted molar refractivity (Wildman–Crippen MR) is 68.0 cm³/mol. The third-order valence-electron chi connectivity index (χ3n) is 2.45. The van der Waals surface area contributed by atoms with E-state index in [0.29, 0.717) is 20.1 Å². The van der Waals surface area contributed by atoms with E-state index in [0.717, 1.165) is 7.05 Å². The highest BCUT2D eigenvalue weighted by Crippen LogP contribution is 2.26. The minimum Gasteiger partial charge on any atom is -0.300 e. The number of aromatic nitrogens is 4. The number of alkyl halides is 3. The van der Waals surface area contributed by atoms with Gasteiger partial charge in [-0.05, 0) is 6.92 Å². The van der Waals surface area contributed by atoms with Crippen molar-refractivity contribution in [3.63, 3.8) is 0 Å². The molecule has 0 radical (unpaired) electrons. The molecule has 114 valence electrons. The van der Waals surface area contributed by atoms with Gasteiger partial charge in [0.2, 0.25) is 11.7 Å². The van der Waals surface area contributed by atoms with Gasteiger partial charge in [-0.2, -0.15) is 13.2 Å². The summed E-state index contributed by atoms with van der Waals surface area (Å²) < 4.78 is 38.6. The minimum atomic E-state index is -4.76. The van der Waals surface area contributed by atoms with Crippen LogP contribution >= 0.6 is 11.3 Å². The lowest BCUT2D eigenvalue weighted by Gasteiger charge is -2.02. The largest absolute Gasteiger partial charge is 0.451 e. The summed E-state index contributed by atoms with van der Waals surface area (Å²) in [7, 11) is 0.941. The molecule has 1 amide bonds. The van der Waals surface area contributed by atoms with Gasteiger partial charge in [0.1, 0.15) is 6.54 Å². The summed E-state index contributed by atoms with van der Waals surface area (Å²) >= 11 is 1.17. The van der Waals surface area contributed by atoms with Gasteiger partial charge in [0.15, 0.2) is 5.13 Å². The van der Waals surface area contributed by atoms with Crippen LogP contribution in [0.1, 0.15) is 11.5 Å². The van der Waals surface area contributed by atoms with E-state index in [-0.39, 0.29) is 0 Å². The normalized spacial score (nSPS) is 11.7. The standard InChI is InChI=1S/C10H10F3N5O2S/c1-5-4-21-8(14-5)15-6(19)3-18-9(20)17(2)7(16-18)10(11,12)13/h4H,3H2,1-2H3,(H,14,15,19). The van der Waals surface area contributed by atoms with Crippen molar-refractivity contribution in [2.45, 2.75) is 19.6 Å². The first-order chi connectivity index (χ1) is 9.68. The Labute approximate surface area is 120 Å². The van der Waals surface area contributed by atoms with Gasteiger partial charge in [0.05, 0.1) is 5.69 Å². The molecule has 0 atom stereocenters. The van der Waals surface area contributed by atoms with Crippen molar-refractivity contribution in [2.75, 3.05) is 5.32 Å². The fourth-order valence-corrected chi connectivity index (χ4v) is 2.25. The minimum absolute atomic E-state index is 0.303. The fourth-order valence-electron chi connectivity index (χ4n) is 1.54. The lowest BCUT2D eigenvalue weighted by atomic mass is 10.6. The Hall–Kier alpha value is -2.17. The number of halogens is 3. The van der Waals surface area contributed by atoms with Gasteiger partial charge in [-0.25, -0.2) is 14.5 Å².